The van der Waals surface area contributed by atoms with E-state index in [1.165, 1.54) is 70.6 Å². The molecule has 0 aromatic carbocycles. The molecule has 0 amide bonds. The molecule has 3 nitrogen and oxygen atoms in total. The summed E-state index contributed by atoms with van der Waals surface area (Å²) in [5.41, 5.74) is 0. The van der Waals surface area contributed by atoms with E-state index in [0.29, 0.717) is 6.04 Å². The van der Waals surface area contributed by atoms with Crippen LogP contribution in [0.3, 0.4) is 0 Å². The van der Waals surface area contributed by atoms with Crippen molar-refractivity contribution in [3.8, 4) is 0 Å². The second kappa shape index (κ2) is 15.8. The van der Waals surface area contributed by atoms with Crippen LogP contribution in [0.5, 0.6) is 0 Å². The van der Waals surface area contributed by atoms with E-state index in [1.807, 2.05) is 0 Å². The zero-order chi connectivity index (χ0) is 15.8. The number of nitrogens with one attached hydrogen (secondary N) is 1. The fourth-order valence-electron chi connectivity index (χ4n) is 2.75. The average molecular weight is 299 g/mol. The second-order valence-electron chi connectivity index (χ2n) is 6.23. The molecule has 0 bridgehead atoms. The summed E-state index contributed by atoms with van der Waals surface area (Å²) >= 11 is 0. The van der Waals surface area contributed by atoms with Gasteiger partial charge in [-0.25, -0.2) is 0 Å². The van der Waals surface area contributed by atoms with Crippen LogP contribution in [-0.4, -0.2) is 23.7 Å². The lowest BCUT2D eigenvalue weighted by Crippen LogP contribution is -2.33. The van der Waals surface area contributed by atoms with Crippen molar-refractivity contribution in [3.63, 3.8) is 0 Å². The third-order valence-electron chi connectivity index (χ3n) is 4.10. The number of rotatable bonds is 16. The van der Waals surface area contributed by atoms with Crippen molar-refractivity contribution in [3.05, 3.63) is 0 Å². The molecule has 2 N–H and O–H groups in total. The van der Waals surface area contributed by atoms with E-state index in [1.54, 1.807) is 0 Å². The molecule has 0 radical (unpaired) electrons. The van der Waals surface area contributed by atoms with Crippen LogP contribution in [0.15, 0.2) is 0 Å². The molecule has 126 valence electrons. The highest BCUT2D eigenvalue weighted by Crippen LogP contribution is 2.13. The molecule has 1 atom stereocenters. The predicted octanol–water partition coefficient (Wildman–Crippen LogP) is 5.14. The minimum Gasteiger partial charge on any atom is -0.480 e. The van der Waals surface area contributed by atoms with Crippen molar-refractivity contribution in [1.29, 1.82) is 0 Å². The van der Waals surface area contributed by atoms with Crippen molar-refractivity contribution >= 4 is 5.97 Å². The van der Waals surface area contributed by atoms with Crippen molar-refractivity contribution in [2.75, 3.05) is 6.54 Å². The predicted molar refractivity (Wildman–Crippen MR) is 90.8 cm³/mol. The second-order valence-corrected chi connectivity index (χ2v) is 6.23. The number of carboxylic acid groups (broad SMARTS) is 1. The summed E-state index contributed by atoms with van der Waals surface area (Å²) in [6, 6.07) is 0.397. The quantitative estimate of drug-likeness (QED) is 0.388. The first-order chi connectivity index (χ1) is 10.2. The van der Waals surface area contributed by atoms with Crippen LogP contribution in [0.1, 0.15) is 97.3 Å². The summed E-state index contributed by atoms with van der Waals surface area (Å²) in [6.07, 6.45) is 16.5. The molecule has 0 rings (SSSR count). The molecular formula is C18H37NO2. The van der Waals surface area contributed by atoms with Crippen molar-refractivity contribution in [2.24, 2.45) is 0 Å². The SMILES string of the molecule is CCCCCCCCC(CCCCCCC)NCC(=O)O. The van der Waals surface area contributed by atoms with Gasteiger partial charge < -0.3 is 10.4 Å². The van der Waals surface area contributed by atoms with Gasteiger partial charge >= 0.3 is 5.97 Å². The van der Waals surface area contributed by atoms with Gasteiger partial charge in [-0.15, -0.1) is 0 Å². The van der Waals surface area contributed by atoms with E-state index in [-0.39, 0.29) is 6.54 Å². The van der Waals surface area contributed by atoms with E-state index in [2.05, 4.69) is 19.2 Å². The number of carboxylic acids is 1. The van der Waals surface area contributed by atoms with Gasteiger partial charge in [0, 0.05) is 6.04 Å². The molecule has 3 heteroatoms. The zero-order valence-electron chi connectivity index (χ0n) is 14.3. The fraction of sp³-hybridized carbons (Fsp3) is 0.944. The maximum Gasteiger partial charge on any atom is 0.317 e. The summed E-state index contributed by atoms with van der Waals surface area (Å²) in [7, 11) is 0. The van der Waals surface area contributed by atoms with E-state index in [4.69, 9.17) is 5.11 Å². The van der Waals surface area contributed by atoms with Gasteiger partial charge in [0.05, 0.1) is 6.54 Å². The molecule has 0 fully saturated rings. The molecule has 0 aliphatic carbocycles. The largest absolute Gasteiger partial charge is 0.480 e. The normalized spacial score (nSPS) is 12.5. The molecule has 1 unspecified atom stereocenters. The molecular weight excluding hydrogens is 262 g/mol. The summed E-state index contributed by atoms with van der Waals surface area (Å²) in [5, 5.41) is 12.0. The zero-order valence-corrected chi connectivity index (χ0v) is 14.3. The molecule has 0 saturated carbocycles. The van der Waals surface area contributed by atoms with E-state index in [0.717, 1.165) is 12.8 Å². The van der Waals surface area contributed by atoms with E-state index in [9.17, 15) is 4.79 Å². The lowest BCUT2D eigenvalue weighted by atomic mass is 10.00. The summed E-state index contributed by atoms with van der Waals surface area (Å²) in [6.45, 7) is 4.58. The van der Waals surface area contributed by atoms with Gasteiger partial charge in [-0.05, 0) is 12.8 Å². The maximum absolute atomic E-state index is 10.7. The Labute approximate surface area is 131 Å². The number of carbonyl (C=O) groups is 1. The topological polar surface area (TPSA) is 49.3 Å². The molecule has 0 saturated heterocycles. The highest BCUT2D eigenvalue weighted by Gasteiger charge is 2.09. The summed E-state index contributed by atoms with van der Waals surface area (Å²) in [4.78, 5) is 10.7. The minimum absolute atomic E-state index is 0.107. The van der Waals surface area contributed by atoms with Crippen LogP contribution in [0, 0.1) is 0 Å². The van der Waals surface area contributed by atoms with E-state index < -0.39 is 5.97 Å². The van der Waals surface area contributed by atoms with Gasteiger partial charge in [0.25, 0.3) is 0 Å². The van der Waals surface area contributed by atoms with Crippen LogP contribution in [0.4, 0.5) is 0 Å². The Hall–Kier alpha value is -0.570. The van der Waals surface area contributed by atoms with Gasteiger partial charge in [-0.2, -0.15) is 0 Å². The minimum atomic E-state index is -0.742. The highest BCUT2D eigenvalue weighted by molar-refractivity contribution is 5.69. The maximum atomic E-state index is 10.7. The number of hydrogen-bond acceptors (Lipinski definition) is 2. The first-order valence-corrected chi connectivity index (χ1v) is 9.15. The monoisotopic (exact) mass is 299 g/mol. The summed E-state index contributed by atoms with van der Waals surface area (Å²) in [5.74, 6) is -0.742. The number of aliphatic carboxylic acids is 1. The Morgan fingerprint density at radius 1 is 0.810 bits per heavy atom. The number of unbranched alkanes of at least 4 members (excludes halogenated alkanes) is 9. The van der Waals surface area contributed by atoms with Crippen molar-refractivity contribution in [1.82, 2.24) is 5.32 Å². The standard InChI is InChI=1S/C18H37NO2/c1-3-5-7-9-11-13-15-17(19-16-18(20)21)14-12-10-8-6-4-2/h17,19H,3-16H2,1-2H3,(H,20,21). The lowest BCUT2D eigenvalue weighted by Gasteiger charge is -2.17. The molecule has 0 aromatic rings. The van der Waals surface area contributed by atoms with Gasteiger partial charge in [0.2, 0.25) is 0 Å². The fourth-order valence-corrected chi connectivity index (χ4v) is 2.75. The van der Waals surface area contributed by atoms with Gasteiger partial charge in [-0.1, -0.05) is 84.5 Å². The average Bonchev–Trinajstić information content (AvgIpc) is 2.47. The van der Waals surface area contributed by atoms with Crippen LogP contribution >= 0.6 is 0 Å². The highest BCUT2D eigenvalue weighted by atomic mass is 16.4. The van der Waals surface area contributed by atoms with Crippen LogP contribution < -0.4 is 5.32 Å². The van der Waals surface area contributed by atoms with Crippen LogP contribution in [-0.2, 0) is 4.79 Å². The smallest absolute Gasteiger partial charge is 0.317 e. The summed E-state index contributed by atoms with van der Waals surface area (Å²) < 4.78 is 0. The molecule has 21 heavy (non-hydrogen) atoms. The number of hydrogen-bond donors (Lipinski definition) is 2. The Balaban J connectivity index is 3.72. The Morgan fingerprint density at radius 2 is 1.24 bits per heavy atom. The van der Waals surface area contributed by atoms with E-state index >= 15 is 0 Å². The lowest BCUT2D eigenvalue weighted by molar-refractivity contribution is -0.136. The van der Waals surface area contributed by atoms with Crippen molar-refractivity contribution in [2.45, 2.75) is 103 Å². The van der Waals surface area contributed by atoms with Crippen LogP contribution in [0.25, 0.3) is 0 Å². The van der Waals surface area contributed by atoms with Gasteiger partial charge in [0.1, 0.15) is 0 Å². The Bertz CT molecular complexity index is 231. The van der Waals surface area contributed by atoms with Gasteiger partial charge in [-0.3, -0.25) is 4.79 Å². The van der Waals surface area contributed by atoms with Crippen molar-refractivity contribution < 1.29 is 9.90 Å². The Morgan fingerprint density at radius 3 is 1.67 bits per heavy atom. The molecule has 0 aliphatic heterocycles. The third kappa shape index (κ3) is 15.6. The molecule has 0 heterocycles. The van der Waals surface area contributed by atoms with Gasteiger partial charge in [0.15, 0.2) is 0 Å². The first kappa shape index (κ1) is 20.4. The Kier molecular flexibility index (Phi) is 15.4. The molecule has 0 aliphatic rings. The molecule has 0 spiro atoms. The van der Waals surface area contributed by atoms with Crippen LogP contribution in [0.2, 0.25) is 0 Å². The third-order valence-corrected chi connectivity index (χ3v) is 4.10. The first-order valence-electron chi connectivity index (χ1n) is 9.15. The molecule has 0 aromatic heterocycles.